The van der Waals surface area contributed by atoms with Gasteiger partial charge in [0.2, 0.25) is 11.6 Å². The number of hydrogen-bond acceptors (Lipinski definition) is 5. The van der Waals surface area contributed by atoms with Crippen LogP contribution in [0.15, 0.2) is 23.5 Å². The van der Waals surface area contributed by atoms with E-state index in [1.165, 1.54) is 11.0 Å². The molecular weight excluding hydrogens is 252 g/mol. The van der Waals surface area contributed by atoms with Crippen molar-refractivity contribution in [1.29, 1.82) is 0 Å². The molecule has 0 radical (unpaired) electrons. The average molecular weight is 262 g/mol. The summed E-state index contributed by atoms with van der Waals surface area (Å²) in [5.41, 5.74) is 5.24. The van der Waals surface area contributed by atoms with Gasteiger partial charge in [-0.2, -0.15) is 4.68 Å². The molecule has 2 aromatic heterocycles. The largest absolute Gasteiger partial charge is 0.387 e. The van der Waals surface area contributed by atoms with E-state index in [0.29, 0.717) is 0 Å². The second-order valence-corrected chi connectivity index (χ2v) is 4.51. The number of thiocarbonyl (C=S) groups is 1. The molecule has 2 N–H and O–H groups in total. The molecule has 0 saturated heterocycles. The van der Waals surface area contributed by atoms with Crippen LogP contribution in [0.4, 0.5) is 0 Å². The minimum Gasteiger partial charge on any atom is -0.387 e. The fraction of sp³-hybridized carbons (Fsp3) is 0.300. The molecule has 7 nitrogen and oxygen atoms in total. The molecule has 2 heterocycles. The third kappa shape index (κ3) is 1.80. The minimum atomic E-state index is -0.181. The molecule has 0 amide bonds. The molecule has 1 fully saturated rings. The zero-order chi connectivity index (χ0) is 12.7. The van der Waals surface area contributed by atoms with Gasteiger partial charge in [0, 0.05) is 18.4 Å². The number of rotatable bonds is 3. The molecule has 0 aliphatic heterocycles. The summed E-state index contributed by atoms with van der Waals surface area (Å²) in [6.07, 6.45) is 6.71. The summed E-state index contributed by atoms with van der Waals surface area (Å²) in [4.78, 5) is 20.2. The second-order valence-electron chi connectivity index (χ2n) is 4.07. The van der Waals surface area contributed by atoms with Gasteiger partial charge in [0.05, 0.1) is 0 Å². The van der Waals surface area contributed by atoms with Crippen molar-refractivity contribution in [2.45, 2.75) is 18.9 Å². The van der Waals surface area contributed by atoms with Gasteiger partial charge in [0.25, 0.3) is 5.56 Å². The van der Waals surface area contributed by atoms with E-state index in [1.807, 2.05) is 0 Å². The number of nitrogens with zero attached hydrogens (tertiary/aromatic N) is 5. The smallest absolute Gasteiger partial charge is 0.296 e. The topological polar surface area (TPSA) is 91.6 Å². The average Bonchev–Trinajstić information content (AvgIpc) is 3.06. The van der Waals surface area contributed by atoms with Gasteiger partial charge >= 0.3 is 0 Å². The molecular formula is C10H10N6OS. The Morgan fingerprint density at radius 3 is 2.83 bits per heavy atom. The van der Waals surface area contributed by atoms with Gasteiger partial charge in [0.1, 0.15) is 11.3 Å². The minimum absolute atomic E-state index is 0.0900. The van der Waals surface area contributed by atoms with Crippen molar-refractivity contribution in [3.63, 3.8) is 0 Å². The third-order valence-corrected chi connectivity index (χ3v) is 2.90. The normalized spacial score (nSPS) is 14.7. The van der Waals surface area contributed by atoms with Crippen molar-refractivity contribution >= 4 is 17.2 Å². The molecule has 0 spiro atoms. The first-order valence-electron chi connectivity index (χ1n) is 5.46. The van der Waals surface area contributed by atoms with Crippen LogP contribution in [0.25, 0.3) is 5.82 Å². The van der Waals surface area contributed by atoms with Crippen LogP contribution in [-0.2, 0) is 0 Å². The standard InChI is InChI=1S/C10H10N6OS/c11-7(18)8-13-5-16(14-8)9-10(17)15(4-3-12-9)6-1-2-6/h3-6H,1-2H2,(H2,11,18). The highest BCUT2D eigenvalue weighted by Crippen LogP contribution is 2.33. The zero-order valence-corrected chi connectivity index (χ0v) is 10.2. The van der Waals surface area contributed by atoms with E-state index in [-0.39, 0.29) is 28.2 Å². The summed E-state index contributed by atoms with van der Waals surface area (Å²) in [5.74, 6) is 0.437. The Hall–Kier alpha value is -2.09. The Kier molecular flexibility index (Phi) is 2.44. The number of aromatic nitrogens is 5. The van der Waals surface area contributed by atoms with Crippen LogP contribution >= 0.6 is 12.2 Å². The maximum absolute atomic E-state index is 12.2. The predicted molar refractivity (Wildman–Crippen MR) is 67.6 cm³/mol. The van der Waals surface area contributed by atoms with Crippen molar-refractivity contribution in [3.8, 4) is 5.82 Å². The maximum atomic E-state index is 12.2. The van der Waals surface area contributed by atoms with Crippen LogP contribution in [0, 0.1) is 0 Å². The Morgan fingerprint density at radius 2 is 2.22 bits per heavy atom. The first-order chi connectivity index (χ1) is 8.66. The van der Waals surface area contributed by atoms with Gasteiger partial charge in [-0.05, 0) is 12.8 Å². The van der Waals surface area contributed by atoms with Crippen molar-refractivity contribution in [3.05, 3.63) is 34.9 Å². The van der Waals surface area contributed by atoms with Gasteiger partial charge in [-0.3, -0.25) is 4.79 Å². The highest BCUT2D eigenvalue weighted by Gasteiger charge is 2.25. The molecule has 0 atom stereocenters. The van der Waals surface area contributed by atoms with E-state index in [2.05, 4.69) is 15.1 Å². The lowest BCUT2D eigenvalue weighted by molar-refractivity contribution is 0.677. The van der Waals surface area contributed by atoms with E-state index < -0.39 is 0 Å². The zero-order valence-electron chi connectivity index (χ0n) is 9.35. The Morgan fingerprint density at radius 1 is 1.44 bits per heavy atom. The van der Waals surface area contributed by atoms with Crippen LogP contribution < -0.4 is 11.3 Å². The molecule has 0 bridgehead atoms. The first kappa shape index (κ1) is 11.0. The van der Waals surface area contributed by atoms with Crippen LogP contribution in [0.1, 0.15) is 24.7 Å². The first-order valence-corrected chi connectivity index (χ1v) is 5.86. The van der Waals surface area contributed by atoms with Crippen molar-refractivity contribution in [2.75, 3.05) is 0 Å². The van der Waals surface area contributed by atoms with Gasteiger partial charge in [-0.15, -0.1) is 5.10 Å². The van der Waals surface area contributed by atoms with Gasteiger partial charge in [0.15, 0.2) is 0 Å². The Balaban J connectivity index is 2.08. The van der Waals surface area contributed by atoms with Crippen LogP contribution in [-0.4, -0.2) is 29.3 Å². The van der Waals surface area contributed by atoms with E-state index in [9.17, 15) is 4.79 Å². The fourth-order valence-corrected chi connectivity index (χ4v) is 1.78. The van der Waals surface area contributed by atoms with Gasteiger partial charge in [-0.25, -0.2) is 9.97 Å². The summed E-state index contributed by atoms with van der Waals surface area (Å²) in [5, 5.41) is 4.03. The monoisotopic (exact) mass is 262 g/mol. The second kappa shape index (κ2) is 3.98. The van der Waals surface area contributed by atoms with Crippen molar-refractivity contribution < 1.29 is 0 Å². The summed E-state index contributed by atoms with van der Waals surface area (Å²) < 4.78 is 2.97. The highest BCUT2D eigenvalue weighted by molar-refractivity contribution is 7.80. The van der Waals surface area contributed by atoms with Gasteiger partial charge in [-0.1, -0.05) is 12.2 Å². The van der Waals surface area contributed by atoms with Crippen molar-refractivity contribution in [1.82, 2.24) is 24.3 Å². The summed E-state index contributed by atoms with van der Waals surface area (Å²) in [6, 6.07) is 0.290. The van der Waals surface area contributed by atoms with Gasteiger partial charge < -0.3 is 10.3 Å². The summed E-state index contributed by atoms with van der Waals surface area (Å²) in [6.45, 7) is 0. The molecule has 0 aromatic carbocycles. The van der Waals surface area contributed by atoms with E-state index in [4.69, 9.17) is 18.0 Å². The lowest BCUT2D eigenvalue weighted by Gasteiger charge is -2.04. The number of hydrogen-bond donors (Lipinski definition) is 1. The van der Waals surface area contributed by atoms with Crippen LogP contribution in [0.3, 0.4) is 0 Å². The number of nitrogens with two attached hydrogens (primary N) is 1. The molecule has 18 heavy (non-hydrogen) atoms. The van der Waals surface area contributed by atoms with Crippen LogP contribution in [0.2, 0.25) is 0 Å². The lowest BCUT2D eigenvalue weighted by atomic mass is 10.5. The van der Waals surface area contributed by atoms with E-state index in [1.54, 1.807) is 17.0 Å². The molecule has 1 aliphatic carbocycles. The van der Waals surface area contributed by atoms with E-state index in [0.717, 1.165) is 12.8 Å². The maximum Gasteiger partial charge on any atom is 0.296 e. The third-order valence-electron chi connectivity index (χ3n) is 2.72. The molecule has 2 aromatic rings. The molecule has 0 unspecified atom stereocenters. The highest BCUT2D eigenvalue weighted by atomic mass is 32.1. The fourth-order valence-electron chi connectivity index (χ4n) is 1.69. The van der Waals surface area contributed by atoms with E-state index >= 15 is 0 Å². The lowest BCUT2D eigenvalue weighted by Crippen LogP contribution is -2.25. The van der Waals surface area contributed by atoms with Crippen LogP contribution in [0.5, 0.6) is 0 Å². The Labute approximate surface area is 107 Å². The molecule has 3 rings (SSSR count). The van der Waals surface area contributed by atoms with Crippen molar-refractivity contribution in [2.24, 2.45) is 5.73 Å². The SMILES string of the molecule is NC(=S)c1ncn(-c2nccn(C3CC3)c2=O)n1. The molecule has 8 heteroatoms. The molecule has 92 valence electrons. The quantitative estimate of drug-likeness (QED) is 0.770. The predicted octanol–water partition coefficient (Wildman–Crippen LogP) is -0.207. The molecule has 1 aliphatic rings. The summed E-state index contributed by atoms with van der Waals surface area (Å²) >= 11 is 4.77. The molecule has 1 saturated carbocycles. The summed E-state index contributed by atoms with van der Waals surface area (Å²) in [7, 11) is 0. The Bertz CT molecular complexity index is 671.